The highest BCUT2D eigenvalue weighted by atomic mass is 35.5. The van der Waals surface area contributed by atoms with Gasteiger partial charge in [-0.15, -0.1) is 30.3 Å². The van der Waals surface area contributed by atoms with Gasteiger partial charge in [0.15, 0.2) is 0 Å². The number of hydrogen-bond donors (Lipinski definition) is 1. The first-order chi connectivity index (χ1) is 11.3. The molecule has 2 aromatic heterocycles. The van der Waals surface area contributed by atoms with Crippen molar-refractivity contribution in [1.82, 2.24) is 20.0 Å². The SMILES string of the molecule is C=CCN(Cc1cccs1)C(=O)c1ccn(C2CCCNC2)n1.Cl. The van der Waals surface area contributed by atoms with Crippen LogP contribution < -0.4 is 5.32 Å². The Bertz CT molecular complexity index is 649. The summed E-state index contributed by atoms with van der Waals surface area (Å²) >= 11 is 1.66. The smallest absolute Gasteiger partial charge is 0.274 e. The van der Waals surface area contributed by atoms with Gasteiger partial charge in [0.25, 0.3) is 5.91 Å². The molecule has 3 heterocycles. The van der Waals surface area contributed by atoms with E-state index in [9.17, 15) is 4.79 Å². The van der Waals surface area contributed by atoms with Crippen LogP contribution in [0.3, 0.4) is 0 Å². The van der Waals surface area contributed by atoms with Crippen molar-refractivity contribution in [2.45, 2.75) is 25.4 Å². The first-order valence-electron chi connectivity index (χ1n) is 7.96. The molecule has 130 valence electrons. The summed E-state index contributed by atoms with van der Waals surface area (Å²) in [4.78, 5) is 15.7. The second kappa shape index (κ2) is 9.01. The topological polar surface area (TPSA) is 50.2 Å². The number of nitrogens with zero attached hydrogens (tertiary/aromatic N) is 3. The van der Waals surface area contributed by atoms with Crippen LogP contribution in [0.1, 0.15) is 34.2 Å². The molecule has 0 saturated carbocycles. The molecule has 1 amide bonds. The van der Waals surface area contributed by atoms with E-state index in [0.29, 0.717) is 24.8 Å². The van der Waals surface area contributed by atoms with Crippen LogP contribution in [0, 0.1) is 0 Å². The fraction of sp³-hybridized carbons (Fsp3) is 0.412. The lowest BCUT2D eigenvalue weighted by atomic mass is 10.1. The van der Waals surface area contributed by atoms with Gasteiger partial charge in [-0.2, -0.15) is 5.10 Å². The lowest BCUT2D eigenvalue weighted by molar-refractivity contribution is 0.0757. The second-order valence-electron chi connectivity index (χ2n) is 5.73. The van der Waals surface area contributed by atoms with Crippen LogP contribution in [0.4, 0.5) is 0 Å². The summed E-state index contributed by atoms with van der Waals surface area (Å²) in [5.41, 5.74) is 0.508. The Morgan fingerprint density at radius 1 is 1.54 bits per heavy atom. The third-order valence-electron chi connectivity index (χ3n) is 4.04. The van der Waals surface area contributed by atoms with E-state index in [0.717, 1.165) is 30.8 Å². The summed E-state index contributed by atoms with van der Waals surface area (Å²) in [6.07, 6.45) is 5.93. The molecular weight excluding hydrogens is 344 g/mol. The lowest BCUT2D eigenvalue weighted by Gasteiger charge is -2.23. The van der Waals surface area contributed by atoms with Crippen molar-refractivity contribution in [1.29, 1.82) is 0 Å². The maximum Gasteiger partial charge on any atom is 0.274 e. The van der Waals surface area contributed by atoms with Gasteiger partial charge in [-0.1, -0.05) is 12.1 Å². The highest BCUT2D eigenvalue weighted by Crippen LogP contribution is 2.17. The lowest BCUT2D eigenvalue weighted by Crippen LogP contribution is -2.33. The average molecular weight is 367 g/mol. The quantitative estimate of drug-likeness (QED) is 0.799. The Hall–Kier alpha value is -1.63. The van der Waals surface area contributed by atoms with Crippen molar-refractivity contribution in [2.75, 3.05) is 19.6 Å². The molecule has 1 fully saturated rings. The van der Waals surface area contributed by atoms with E-state index in [4.69, 9.17) is 0 Å². The van der Waals surface area contributed by atoms with Gasteiger partial charge in [-0.05, 0) is 36.9 Å². The maximum atomic E-state index is 12.7. The van der Waals surface area contributed by atoms with E-state index < -0.39 is 0 Å². The molecule has 1 unspecified atom stereocenters. The van der Waals surface area contributed by atoms with Crippen molar-refractivity contribution >= 4 is 29.7 Å². The molecule has 24 heavy (non-hydrogen) atoms. The number of amides is 1. The zero-order chi connectivity index (χ0) is 16.1. The minimum absolute atomic E-state index is 0. The summed E-state index contributed by atoms with van der Waals surface area (Å²) in [7, 11) is 0. The van der Waals surface area contributed by atoms with E-state index >= 15 is 0 Å². The van der Waals surface area contributed by atoms with Crippen LogP contribution in [0.5, 0.6) is 0 Å². The minimum Gasteiger partial charge on any atom is -0.328 e. The first-order valence-corrected chi connectivity index (χ1v) is 8.84. The van der Waals surface area contributed by atoms with Gasteiger partial charge in [0.2, 0.25) is 0 Å². The fourth-order valence-corrected chi connectivity index (χ4v) is 3.56. The Labute approximate surface area is 152 Å². The Morgan fingerprint density at radius 2 is 2.42 bits per heavy atom. The van der Waals surface area contributed by atoms with E-state index in [1.165, 1.54) is 0 Å². The summed E-state index contributed by atoms with van der Waals surface area (Å²) in [5.74, 6) is -0.0409. The molecule has 7 heteroatoms. The number of piperidine rings is 1. The number of aromatic nitrogens is 2. The molecule has 1 aliphatic rings. The molecule has 0 aliphatic carbocycles. The molecule has 2 aromatic rings. The second-order valence-corrected chi connectivity index (χ2v) is 6.77. The number of hydrogen-bond acceptors (Lipinski definition) is 4. The van der Waals surface area contributed by atoms with Crippen molar-refractivity contribution in [2.24, 2.45) is 0 Å². The normalized spacial score (nSPS) is 17.1. The molecule has 5 nitrogen and oxygen atoms in total. The van der Waals surface area contributed by atoms with E-state index in [1.54, 1.807) is 22.3 Å². The molecule has 0 spiro atoms. The molecule has 1 aliphatic heterocycles. The molecule has 1 N–H and O–H groups in total. The van der Waals surface area contributed by atoms with Gasteiger partial charge >= 0.3 is 0 Å². The zero-order valence-corrected chi connectivity index (χ0v) is 15.2. The fourth-order valence-electron chi connectivity index (χ4n) is 2.84. The number of carbonyl (C=O) groups excluding carboxylic acids is 1. The summed E-state index contributed by atoms with van der Waals surface area (Å²) < 4.78 is 1.93. The van der Waals surface area contributed by atoms with Gasteiger partial charge in [0.05, 0.1) is 12.6 Å². The number of nitrogens with one attached hydrogen (secondary N) is 1. The van der Waals surface area contributed by atoms with E-state index in [2.05, 4.69) is 17.0 Å². The van der Waals surface area contributed by atoms with Gasteiger partial charge < -0.3 is 10.2 Å². The van der Waals surface area contributed by atoms with Gasteiger partial charge in [0, 0.05) is 24.2 Å². The molecule has 0 radical (unpaired) electrons. The highest BCUT2D eigenvalue weighted by molar-refractivity contribution is 7.09. The van der Waals surface area contributed by atoms with Crippen molar-refractivity contribution in [3.63, 3.8) is 0 Å². The van der Waals surface area contributed by atoms with Crippen molar-refractivity contribution in [3.05, 3.63) is 53.0 Å². The van der Waals surface area contributed by atoms with Crippen LogP contribution in [-0.4, -0.2) is 40.2 Å². The average Bonchev–Trinajstić information content (AvgIpc) is 3.26. The molecular formula is C17H23ClN4OS. The Kier molecular flexibility index (Phi) is 7.02. The van der Waals surface area contributed by atoms with Crippen molar-refractivity contribution in [3.8, 4) is 0 Å². The monoisotopic (exact) mass is 366 g/mol. The van der Waals surface area contributed by atoms with Crippen LogP contribution in [0.2, 0.25) is 0 Å². The van der Waals surface area contributed by atoms with Gasteiger partial charge in [-0.25, -0.2) is 0 Å². The Balaban J connectivity index is 0.00000208. The van der Waals surface area contributed by atoms with Crippen LogP contribution in [-0.2, 0) is 6.54 Å². The van der Waals surface area contributed by atoms with Crippen LogP contribution >= 0.6 is 23.7 Å². The number of halogens is 1. The molecule has 1 saturated heterocycles. The minimum atomic E-state index is -0.0409. The van der Waals surface area contributed by atoms with Crippen molar-refractivity contribution < 1.29 is 4.79 Å². The predicted molar refractivity (Wildman–Crippen MR) is 99.9 cm³/mol. The summed E-state index contributed by atoms with van der Waals surface area (Å²) in [6, 6.07) is 6.21. The highest BCUT2D eigenvalue weighted by Gasteiger charge is 2.21. The van der Waals surface area contributed by atoms with Crippen LogP contribution in [0.25, 0.3) is 0 Å². The zero-order valence-electron chi connectivity index (χ0n) is 13.6. The first kappa shape index (κ1) is 18.7. The Morgan fingerprint density at radius 3 is 3.08 bits per heavy atom. The maximum absolute atomic E-state index is 12.7. The van der Waals surface area contributed by atoms with E-state index in [-0.39, 0.29) is 18.3 Å². The van der Waals surface area contributed by atoms with E-state index in [1.807, 2.05) is 34.5 Å². The third-order valence-corrected chi connectivity index (χ3v) is 4.90. The summed E-state index contributed by atoms with van der Waals surface area (Å²) in [6.45, 7) is 6.86. The third kappa shape index (κ3) is 4.47. The molecule has 1 atom stereocenters. The largest absolute Gasteiger partial charge is 0.328 e. The number of thiophene rings is 1. The van der Waals surface area contributed by atoms with Gasteiger partial charge in [-0.3, -0.25) is 9.48 Å². The number of carbonyl (C=O) groups is 1. The van der Waals surface area contributed by atoms with Gasteiger partial charge in [0.1, 0.15) is 5.69 Å². The molecule has 0 aromatic carbocycles. The van der Waals surface area contributed by atoms with Crippen LogP contribution in [0.15, 0.2) is 42.4 Å². The molecule has 3 rings (SSSR count). The summed E-state index contributed by atoms with van der Waals surface area (Å²) in [5, 5.41) is 9.92. The molecule has 0 bridgehead atoms. The predicted octanol–water partition coefficient (Wildman–Crippen LogP) is 3.12. The standard InChI is InChI=1S/C17H22N4OS.ClH/c1-2-9-20(13-15-6-4-11-23-15)17(22)16-7-10-21(19-16)14-5-3-8-18-12-14;/h2,4,6-7,10-11,14,18H,1,3,5,8-9,12-13H2;1H. The number of rotatable bonds is 6.